The number of nitrogens with zero attached hydrogens (tertiary/aromatic N) is 1. The lowest BCUT2D eigenvalue weighted by atomic mass is 10.2. The third-order valence-corrected chi connectivity index (χ3v) is 5.41. The molecule has 0 bridgehead atoms. The van der Waals surface area contributed by atoms with Crippen molar-refractivity contribution in [3.05, 3.63) is 23.2 Å². The molecule has 1 aromatic carbocycles. The third-order valence-electron chi connectivity index (χ3n) is 3.21. The molecule has 122 valence electrons. The van der Waals surface area contributed by atoms with Crippen molar-refractivity contribution in [3.8, 4) is 5.75 Å². The lowest BCUT2D eigenvalue weighted by molar-refractivity contribution is -0.140. The van der Waals surface area contributed by atoms with E-state index in [1.165, 1.54) is 0 Å². The normalized spacial score (nSPS) is 19.5. The molecule has 0 saturated carbocycles. The van der Waals surface area contributed by atoms with Gasteiger partial charge in [-0.05, 0) is 31.0 Å². The first-order valence-corrected chi connectivity index (χ1v) is 8.04. The Labute approximate surface area is 130 Å². The highest BCUT2D eigenvalue weighted by Crippen LogP contribution is 2.32. The number of carboxylic acid groups (broad SMARTS) is 1. The average Bonchev–Trinajstić information content (AvgIpc) is 2.90. The van der Waals surface area contributed by atoms with E-state index in [4.69, 9.17) is 16.7 Å². The molecule has 1 N–H and O–H groups in total. The van der Waals surface area contributed by atoms with Crippen LogP contribution in [0.5, 0.6) is 5.75 Å². The Kier molecular flexibility index (Phi) is 4.88. The van der Waals surface area contributed by atoms with Crippen LogP contribution in [-0.4, -0.2) is 43.0 Å². The van der Waals surface area contributed by atoms with Gasteiger partial charge in [-0.15, -0.1) is 0 Å². The zero-order valence-corrected chi connectivity index (χ0v) is 12.7. The Bertz CT molecular complexity index is 682. The molecule has 6 nitrogen and oxygen atoms in total. The van der Waals surface area contributed by atoms with Crippen LogP contribution >= 0.6 is 11.6 Å². The third kappa shape index (κ3) is 3.31. The van der Waals surface area contributed by atoms with Gasteiger partial charge in [-0.25, -0.2) is 8.42 Å². The standard InChI is InChI=1S/C12H12ClF2NO5S/c13-8-6-7(3-4-10(8)21-12(14)15)22(19,20)16-5-1-2-9(16)11(17)18/h3-4,6,9,12H,1-2,5H2,(H,17,18). The second-order valence-corrected chi connectivity index (χ2v) is 6.88. The summed E-state index contributed by atoms with van der Waals surface area (Å²) in [4.78, 5) is 10.8. The zero-order chi connectivity index (χ0) is 16.5. The largest absolute Gasteiger partial charge is 0.480 e. The van der Waals surface area contributed by atoms with E-state index in [0.29, 0.717) is 6.42 Å². The Morgan fingerprint density at radius 2 is 2.14 bits per heavy atom. The molecule has 0 aromatic heterocycles. The molecule has 1 unspecified atom stereocenters. The van der Waals surface area contributed by atoms with E-state index in [9.17, 15) is 22.0 Å². The van der Waals surface area contributed by atoms with Crippen LogP contribution in [0, 0.1) is 0 Å². The van der Waals surface area contributed by atoms with Crippen LogP contribution in [0.3, 0.4) is 0 Å². The molecule has 1 aliphatic heterocycles. The molecule has 1 heterocycles. The number of hydrogen-bond donors (Lipinski definition) is 1. The van der Waals surface area contributed by atoms with Gasteiger partial charge in [0.15, 0.2) is 0 Å². The van der Waals surface area contributed by atoms with Gasteiger partial charge in [-0.1, -0.05) is 11.6 Å². The molecule has 2 rings (SSSR count). The minimum Gasteiger partial charge on any atom is -0.480 e. The Morgan fingerprint density at radius 1 is 1.45 bits per heavy atom. The summed E-state index contributed by atoms with van der Waals surface area (Å²) in [7, 11) is -4.08. The van der Waals surface area contributed by atoms with Crippen molar-refractivity contribution < 1.29 is 31.8 Å². The quantitative estimate of drug-likeness (QED) is 0.875. The summed E-state index contributed by atoms with van der Waals surface area (Å²) >= 11 is 5.73. The van der Waals surface area contributed by atoms with Gasteiger partial charge in [-0.3, -0.25) is 4.79 Å². The predicted octanol–water partition coefficient (Wildman–Crippen LogP) is 2.18. The second kappa shape index (κ2) is 6.35. The van der Waals surface area contributed by atoms with Crippen molar-refractivity contribution in [1.29, 1.82) is 0 Å². The number of alkyl halides is 2. The van der Waals surface area contributed by atoms with Crippen molar-refractivity contribution in [2.24, 2.45) is 0 Å². The Hall–Kier alpha value is -1.45. The van der Waals surface area contributed by atoms with Crippen LogP contribution in [0.2, 0.25) is 5.02 Å². The summed E-state index contributed by atoms with van der Waals surface area (Å²) in [5.41, 5.74) is 0. The lowest BCUT2D eigenvalue weighted by Gasteiger charge is -2.21. The fourth-order valence-corrected chi connectivity index (χ4v) is 4.21. The van der Waals surface area contributed by atoms with E-state index in [0.717, 1.165) is 22.5 Å². The van der Waals surface area contributed by atoms with Crippen LogP contribution in [0.4, 0.5) is 8.78 Å². The second-order valence-electron chi connectivity index (χ2n) is 4.58. The van der Waals surface area contributed by atoms with E-state index < -0.39 is 28.6 Å². The maximum absolute atomic E-state index is 12.5. The van der Waals surface area contributed by atoms with E-state index in [1.807, 2.05) is 0 Å². The molecular weight excluding hydrogens is 344 g/mol. The summed E-state index contributed by atoms with van der Waals surface area (Å²) in [5, 5.41) is 8.76. The highest BCUT2D eigenvalue weighted by atomic mass is 35.5. The topological polar surface area (TPSA) is 83.9 Å². The molecule has 1 aliphatic rings. The number of rotatable bonds is 5. The van der Waals surface area contributed by atoms with Gasteiger partial charge >= 0.3 is 12.6 Å². The van der Waals surface area contributed by atoms with E-state index in [2.05, 4.69) is 4.74 Å². The first-order chi connectivity index (χ1) is 10.2. The molecule has 0 spiro atoms. The Balaban J connectivity index is 2.34. The molecule has 0 radical (unpaired) electrons. The molecule has 1 saturated heterocycles. The fraction of sp³-hybridized carbons (Fsp3) is 0.417. The van der Waals surface area contributed by atoms with Crippen molar-refractivity contribution in [2.45, 2.75) is 30.4 Å². The van der Waals surface area contributed by atoms with Crippen molar-refractivity contribution in [1.82, 2.24) is 4.31 Å². The molecule has 1 fully saturated rings. The van der Waals surface area contributed by atoms with E-state index in [1.54, 1.807) is 0 Å². The zero-order valence-electron chi connectivity index (χ0n) is 11.1. The highest BCUT2D eigenvalue weighted by Gasteiger charge is 2.39. The van der Waals surface area contributed by atoms with E-state index in [-0.39, 0.29) is 28.6 Å². The molecule has 10 heteroatoms. The maximum atomic E-state index is 12.5. The molecule has 0 aliphatic carbocycles. The van der Waals surface area contributed by atoms with Crippen LogP contribution in [-0.2, 0) is 14.8 Å². The van der Waals surface area contributed by atoms with Gasteiger partial charge in [0, 0.05) is 6.54 Å². The van der Waals surface area contributed by atoms with E-state index >= 15 is 0 Å². The first-order valence-electron chi connectivity index (χ1n) is 6.22. The van der Waals surface area contributed by atoms with Gasteiger partial charge in [0.2, 0.25) is 10.0 Å². The highest BCUT2D eigenvalue weighted by molar-refractivity contribution is 7.89. The SMILES string of the molecule is O=C(O)C1CCCN1S(=O)(=O)c1ccc(OC(F)F)c(Cl)c1. The summed E-state index contributed by atoms with van der Waals surface area (Å²) in [6, 6.07) is 1.88. The number of halogens is 3. The lowest BCUT2D eigenvalue weighted by Crippen LogP contribution is -2.40. The molecular formula is C12H12ClF2NO5S. The number of ether oxygens (including phenoxy) is 1. The first kappa shape index (κ1) is 16.9. The monoisotopic (exact) mass is 355 g/mol. The van der Waals surface area contributed by atoms with Crippen LogP contribution < -0.4 is 4.74 Å². The summed E-state index contributed by atoms with van der Waals surface area (Å²) < 4.78 is 54.2. The smallest absolute Gasteiger partial charge is 0.387 e. The summed E-state index contributed by atoms with van der Waals surface area (Å²) in [6.45, 7) is -3.01. The van der Waals surface area contributed by atoms with Gasteiger partial charge in [0.05, 0.1) is 9.92 Å². The minimum absolute atomic E-state index is 0.0756. The molecule has 22 heavy (non-hydrogen) atoms. The number of aliphatic carboxylic acids is 1. The number of benzene rings is 1. The van der Waals surface area contributed by atoms with Crippen molar-refractivity contribution in [2.75, 3.05) is 6.54 Å². The minimum atomic E-state index is -4.08. The summed E-state index contributed by atoms with van der Waals surface area (Å²) in [5.74, 6) is -1.59. The number of hydrogen-bond acceptors (Lipinski definition) is 4. The van der Waals surface area contributed by atoms with Crippen LogP contribution in [0.15, 0.2) is 23.1 Å². The van der Waals surface area contributed by atoms with Crippen LogP contribution in [0.25, 0.3) is 0 Å². The number of carboxylic acids is 1. The number of carbonyl (C=O) groups is 1. The molecule has 1 atom stereocenters. The van der Waals surface area contributed by atoms with Gasteiger partial charge in [0.1, 0.15) is 11.8 Å². The predicted molar refractivity (Wildman–Crippen MR) is 72.6 cm³/mol. The molecule has 0 amide bonds. The summed E-state index contributed by atoms with van der Waals surface area (Å²) in [6.07, 6.45) is 0.644. The van der Waals surface area contributed by atoms with Crippen molar-refractivity contribution >= 4 is 27.6 Å². The Morgan fingerprint density at radius 3 is 2.68 bits per heavy atom. The van der Waals surface area contributed by atoms with Gasteiger partial charge in [0.25, 0.3) is 0 Å². The molecule has 1 aromatic rings. The van der Waals surface area contributed by atoms with Crippen molar-refractivity contribution in [3.63, 3.8) is 0 Å². The van der Waals surface area contributed by atoms with Gasteiger partial charge < -0.3 is 9.84 Å². The fourth-order valence-electron chi connectivity index (χ4n) is 2.24. The average molecular weight is 356 g/mol. The van der Waals surface area contributed by atoms with Gasteiger partial charge in [-0.2, -0.15) is 13.1 Å². The number of sulfonamides is 1. The van der Waals surface area contributed by atoms with Crippen LogP contribution in [0.1, 0.15) is 12.8 Å². The maximum Gasteiger partial charge on any atom is 0.387 e.